The highest BCUT2D eigenvalue weighted by atomic mass is 16.1. The topological polar surface area (TPSA) is 34.1 Å². The van der Waals surface area contributed by atoms with E-state index < -0.39 is 0 Å². The molecular formula is C11H16O2. The molecular weight excluding hydrogens is 164 g/mol. The van der Waals surface area contributed by atoms with Crippen LogP contribution >= 0.6 is 0 Å². The quantitative estimate of drug-likeness (QED) is 0.623. The standard InChI is InChI=1S/C11H16O2/c1-8(12)6-10(13)11-5-3-2-4-9(11)7-11/h9H,2-7H2,1H3. The Hall–Kier alpha value is -0.660. The van der Waals surface area contributed by atoms with Crippen LogP contribution in [0.3, 0.4) is 0 Å². The van der Waals surface area contributed by atoms with Gasteiger partial charge in [0.15, 0.2) is 0 Å². The van der Waals surface area contributed by atoms with Crippen molar-refractivity contribution < 1.29 is 9.59 Å². The zero-order chi connectivity index (χ0) is 9.47. The highest BCUT2D eigenvalue weighted by Crippen LogP contribution is 2.62. The van der Waals surface area contributed by atoms with Crippen molar-refractivity contribution in [3.63, 3.8) is 0 Å². The summed E-state index contributed by atoms with van der Waals surface area (Å²) in [6.07, 6.45) is 5.96. The molecule has 13 heavy (non-hydrogen) atoms. The Labute approximate surface area is 78.7 Å². The van der Waals surface area contributed by atoms with Crippen molar-refractivity contribution >= 4 is 11.6 Å². The van der Waals surface area contributed by atoms with E-state index in [1.54, 1.807) is 0 Å². The molecule has 0 aromatic carbocycles. The molecule has 0 N–H and O–H groups in total. The molecule has 0 aliphatic heterocycles. The van der Waals surface area contributed by atoms with E-state index in [1.807, 2.05) is 0 Å². The average molecular weight is 180 g/mol. The summed E-state index contributed by atoms with van der Waals surface area (Å²) >= 11 is 0. The van der Waals surface area contributed by atoms with Crippen molar-refractivity contribution in [2.45, 2.75) is 45.4 Å². The second-order valence-electron chi connectivity index (χ2n) is 4.60. The van der Waals surface area contributed by atoms with Crippen LogP contribution in [0.15, 0.2) is 0 Å². The van der Waals surface area contributed by atoms with Crippen molar-refractivity contribution in [2.24, 2.45) is 11.3 Å². The van der Waals surface area contributed by atoms with E-state index in [4.69, 9.17) is 0 Å². The molecule has 2 heteroatoms. The first-order valence-electron chi connectivity index (χ1n) is 5.18. The first-order chi connectivity index (χ1) is 6.15. The summed E-state index contributed by atoms with van der Waals surface area (Å²) in [4.78, 5) is 22.6. The van der Waals surface area contributed by atoms with Gasteiger partial charge in [-0.25, -0.2) is 0 Å². The first-order valence-corrected chi connectivity index (χ1v) is 5.18. The largest absolute Gasteiger partial charge is 0.300 e. The maximum absolute atomic E-state index is 11.8. The van der Waals surface area contributed by atoms with Crippen LogP contribution < -0.4 is 0 Å². The molecule has 2 atom stereocenters. The molecule has 2 fully saturated rings. The van der Waals surface area contributed by atoms with Gasteiger partial charge in [0.25, 0.3) is 0 Å². The molecule has 0 bridgehead atoms. The third-order valence-corrected chi connectivity index (χ3v) is 3.62. The molecule has 0 radical (unpaired) electrons. The van der Waals surface area contributed by atoms with Crippen LogP contribution in [0.25, 0.3) is 0 Å². The Balaban J connectivity index is 2.00. The Morgan fingerprint density at radius 3 is 2.77 bits per heavy atom. The Morgan fingerprint density at radius 2 is 2.15 bits per heavy atom. The lowest BCUT2D eigenvalue weighted by Crippen LogP contribution is -2.22. The maximum Gasteiger partial charge on any atom is 0.146 e. The normalized spacial score (nSPS) is 36.5. The minimum Gasteiger partial charge on any atom is -0.300 e. The first kappa shape index (κ1) is 8.92. The maximum atomic E-state index is 11.8. The van der Waals surface area contributed by atoms with E-state index in [9.17, 15) is 9.59 Å². The summed E-state index contributed by atoms with van der Waals surface area (Å²) in [6, 6.07) is 0. The van der Waals surface area contributed by atoms with E-state index in [-0.39, 0.29) is 23.4 Å². The monoisotopic (exact) mass is 180 g/mol. The number of fused-ring (bicyclic) bond motifs is 1. The second kappa shape index (κ2) is 2.93. The van der Waals surface area contributed by atoms with Gasteiger partial charge < -0.3 is 0 Å². The van der Waals surface area contributed by atoms with E-state index in [0.29, 0.717) is 5.92 Å². The van der Waals surface area contributed by atoms with Crippen LogP contribution in [0.5, 0.6) is 0 Å². The van der Waals surface area contributed by atoms with Gasteiger partial charge in [0.1, 0.15) is 11.6 Å². The smallest absolute Gasteiger partial charge is 0.146 e. The van der Waals surface area contributed by atoms with Crippen molar-refractivity contribution in [3.05, 3.63) is 0 Å². The highest BCUT2D eigenvalue weighted by Gasteiger charge is 2.59. The van der Waals surface area contributed by atoms with E-state index in [0.717, 1.165) is 12.8 Å². The summed E-state index contributed by atoms with van der Waals surface area (Å²) in [6.45, 7) is 1.51. The molecule has 2 unspecified atom stereocenters. The fourth-order valence-electron chi connectivity index (χ4n) is 2.78. The van der Waals surface area contributed by atoms with Crippen LogP contribution in [0.1, 0.15) is 45.4 Å². The lowest BCUT2D eigenvalue weighted by molar-refractivity contribution is -0.130. The molecule has 2 saturated carbocycles. The van der Waals surface area contributed by atoms with E-state index in [1.165, 1.54) is 26.2 Å². The Bertz CT molecular complexity index is 257. The van der Waals surface area contributed by atoms with Crippen molar-refractivity contribution in [2.75, 3.05) is 0 Å². The van der Waals surface area contributed by atoms with Crippen LogP contribution in [0.4, 0.5) is 0 Å². The van der Waals surface area contributed by atoms with Crippen LogP contribution in [0.2, 0.25) is 0 Å². The Morgan fingerprint density at radius 1 is 1.38 bits per heavy atom. The van der Waals surface area contributed by atoms with Gasteiger partial charge >= 0.3 is 0 Å². The van der Waals surface area contributed by atoms with Gasteiger partial charge in [-0.2, -0.15) is 0 Å². The SMILES string of the molecule is CC(=O)CC(=O)C12CCCCC1C2. The van der Waals surface area contributed by atoms with Crippen LogP contribution in [-0.4, -0.2) is 11.6 Å². The molecule has 0 amide bonds. The number of carbonyl (C=O) groups is 2. The fourth-order valence-corrected chi connectivity index (χ4v) is 2.78. The summed E-state index contributed by atoms with van der Waals surface area (Å²) in [5, 5.41) is 0. The average Bonchev–Trinajstić information content (AvgIpc) is 2.77. The highest BCUT2D eigenvalue weighted by molar-refractivity contribution is 6.02. The molecule has 2 aliphatic rings. The Kier molecular flexibility index (Phi) is 2.01. The third kappa shape index (κ3) is 1.43. The second-order valence-corrected chi connectivity index (χ2v) is 4.60. The van der Waals surface area contributed by atoms with Gasteiger partial charge in [-0.3, -0.25) is 9.59 Å². The molecule has 0 aromatic heterocycles. The molecule has 2 rings (SSSR count). The van der Waals surface area contributed by atoms with Crippen LogP contribution in [0, 0.1) is 11.3 Å². The van der Waals surface area contributed by atoms with Crippen molar-refractivity contribution in [1.29, 1.82) is 0 Å². The lowest BCUT2D eigenvalue weighted by atomic mass is 9.83. The van der Waals surface area contributed by atoms with Crippen molar-refractivity contribution in [1.82, 2.24) is 0 Å². The molecule has 72 valence electrons. The minimum absolute atomic E-state index is 0.0237. The number of Topliss-reactive ketones (excluding diaryl/α,β-unsaturated/α-hetero) is 2. The summed E-state index contributed by atoms with van der Waals surface area (Å²) in [5.74, 6) is 0.883. The lowest BCUT2D eigenvalue weighted by Gasteiger charge is -2.19. The number of hydrogen-bond acceptors (Lipinski definition) is 2. The molecule has 0 saturated heterocycles. The predicted octanol–water partition coefficient (Wildman–Crippen LogP) is 2.11. The number of hydrogen-bond donors (Lipinski definition) is 0. The number of rotatable bonds is 3. The summed E-state index contributed by atoms with van der Waals surface area (Å²) < 4.78 is 0. The summed E-state index contributed by atoms with van der Waals surface area (Å²) in [7, 11) is 0. The molecule has 2 nitrogen and oxygen atoms in total. The molecule has 2 aliphatic carbocycles. The zero-order valence-electron chi connectivity index (χ0n) is 8.14. The van der Waals surface area contributed by atoms with E-state index in [2.05, 4.69) is 0 Å². The number of ketones is 2. The van der Waals surface area contributed by atoms with Gasteiger partial charge in [-0.05, 0) is 32.1 Å². The van der Waals surface area contributed by atoms with E-state index >= 15 is 0 Å². The third-order valence-electron chi connectivity index (χ3n) is 3.62. The number of carbonyl (C=O) groups excluding carboxylic acids is 2. The summed E-state index contributed by atoms with van der Waals surface area (Å²) in [5.41, 5.74) is -0.0239. The van der Waals surface area contributed by atoms with Gasteiger partial charge in [-0.1, -0.05) is 12.8 Å². The van der Waals surface area contributed by atoms with Crippen LogP contribution in [-0.2, 0) is 9.59 Å². The zero-order valence-corrected chi connectivity index (χ0v) is 8.14. The van der Waals surface area contributed by atoms with Gasteiger partial charge in [0, 0.05) is 5.41 Å². The fraction of sp³-hybridized carbons (Fsp3) is 0.818. The minimum atomic E-state index is -0.0239. The predicted molar refractivity (Wildman–Crippen MR) is 49.3 cm³/mol. The molecule has 0 heterocycles. The van der Waals surface area contributed by atoms with Crippen molar-refractivity contribution in [3.8, 4) is 0 Å². The van der Waals surface area contributed by atoms with Gasteiger partial charge in [-0.15, -0.1) is 0 Å². The molecule has 0 spiro atoms. The van der Waals surface area contributed by atoms with Gasteiger partial charge in [0.05, 0.1) is 6.42 Å². The van der Waals surface area contributed by atoms with Gasteiger partial charge in [0.2, 0.25) is 0 Å². The molecule has 0 aromatic rings.